The van der Waals surface area contributed by atoms with Crippen molar-refractivity contribution in [1.82, 2.24) is 5.32 Å². The minimum Gasteiger partial charge on any atom is -0.494 e. The first-order valence-electron chi connectivity index (χ1n) is 5.92. The number of nitrogens with one attached hydrogen (secondary N) is 1. The second-order valence-electron chi connectivity index (χ2n) is 4.67. The van der Waals surface area contributed by atoms with Crippen LogP contribution in [0.25, 0.3) is 0 Å². The molecule has 0 saturated heterocycles. The predicted molar refractivity (Wildman–Crippen MR) is 72.8 cm³/mol. The minimum atomic E-state index is -1.13. The molecule has 0 aliphatic heterocycles. The van der Waals surface area contributed by atoms with Crippen LogP contribution in [0.5, 0.6) is 5.75 Å². The molecule has 0 aromatic heterocycles. The lowest BCUT2D eigenvalue weighted by Gasteiger charge is -2.22. The van der Waals surface area contributed by atoms with Gasteiger partial charge in [-0.1, -0.05) is 0 Å². The SMILES string of the molecule is CCOc1cc(N)cc(C(=O)NC(C)(C)C(N)=O)c1. The van der Waals surface area contributed by atoms with E-state index in [0.29, 0.717) is 23.6 Å². The van der Waals surface area contributed by atoms with Gasteiger partial charge >= 0.3 is 0 Å². The summed E-state index contributed by atoms with van der Waals surface area (Å²) >= 11 is 0. The van der Waals surface area contributed by atoms with Gasteiger partial charge in [0.05, 0.1) is 6.61 Å². The number of primary amides is 1. The molecule has 1 aromatic rings. The summed E-state index contributed by atoms with van der Waals surface area (Å²) in [5, 5.41) is 2.54. The first-order valence-corrected chi connectivity index (χ1v) is 5.92. The zero-order valence-electron chi connectivity index (χ0n) is 11.3. The molecule has 0 atom stereocenters. The molecule has 5 N–H and O–H groups in total. The fourth-order valence-corrected chi connectivity index (χ4v) is 1.42. The summed E-state index contributed by atoms with van der Waals surface area (Å²) in [5.41, 5.74) is 10.5. The molecule has 0 heterocycles. The van der Waals surface area contributed by atoms with Gasteiger partial charge in [0.2, 0.25) is 5.91 Å². The third kappa shape index (κ3) is 3.87. The molecule has 0 unspecified atom stereocenters. The molecule has 0 spiro atoms. The van der Waals surface area contributed by atoms with E-state index in [2.05, 4.69) is 5.32 Å². The van der Waals surface area contributed by atoms with E-state index in [1.54, 1.807) is 12.1 Å². The number of amides is 2. The monoisotopic (exact) mass is 265 g/mol. The van der Waals surface area contributed by atoms with E-state index in [9.17, 15) is 9.59 Å². The fraction of sp³-hybridized carbons (Fsp3) is 0.385. The van der Waals surface area contributed by atoms with E-state index in [4.69, 9.17) is 16.2 Å². The third-order valence-electron chi connectivity index (χ3n) is 2.54. The molecule has 1 rings (SSSR count). The van der Waals surface area contributed by atoms with Crippen LogP contribution < -0.4 is 21.5 Å². The van der Waals surface area contributed by atoms with E-state index in [-0.39, 0.29) is 0 Å². The number of nitrogens with two attached hydrogens (primary N) is 2. The Morgan fingerprint density at radius 1 is 1.32 bits per heavy atom. The first-order chi connectivity index (χ1) is 8.76. The van der Waals surface area contributed by atoms with Crippen molar-refractivity contribution in [3.63, 3.8) is 0 Å². The van der Waals surface area contributed by atoms with Gasteiger partial charge in [0.1, 0.15) is 11.3 Å². The Balaban J connectivity index is 2.97. The van der Waals surface area contributed by atoms with Gasteiger partial charge in [-0.2, -0.15) is 0 Å². The van der Waals surface area contributed by atoms with Crippen molar-refractivity contribution in [3.8, 4) is 5.75 Å². The Kier molecular flexibility index (Phi) is 4.37. The lowest BCUT2D eigenvalue weighted by Crippen LogP contribution is -2.53. The number of ether oxygens (including phenoxy) is 1. The zero-order chi connectivity index (χ0) is 14.6. The summed E-state index contributed by atoms with van der Waals surface area (Å²) in [6, 6.07) is 4.70. The summed E-state index contributed by atoms with van der Waals surface area (Å²) in [6.45, 7) is 5.36. The molecule has 0 radical (unpaired) electrons. The largest absolute Gasteiger partial charge is 0.494 e. The fourth-order valence-electron chi connectivity index (χ4n) is 1.42. The Bertz CT molecular complexity index is 498. The van der Waals surface area contributed by atoms with E-state index in [1.807, 2.05) is 6.92 Å². The number of hydrogen-bond donors (Lipinski definition) is 3. The number of carbonyl (C=O) groups excluding carboxylic acids is 2. The Hall–Kier alpha value is -2.24. The summed E-state index contributed by atoms with van der Waals surface area (Å²) in [5.74, 6) is -0.545. The number of anilines is 1. The van der Waals surface area contributed by atoms with Crippen LogP contribution in [0, 0.1) is 0 Å². The van der Waals surface area contributed by atoms with Crippen LogP contribution in [0.2, 0.25) is 0 Å². The zero-order valence-corrected chi connectivity index (χ0v) is 11.3. The number of carbonyl (C=O) groups is 2. The Labute approximate surface area is 112 Å². The molecule has 0 aliphatic carbocycles. The molecule has 6 heteroatoms. The highest BCUT2D eigenvalue weighted by molar-refractivity contribution is 5.99. The van der Waals surface area contributed by atoms with Crippen molar-refractivity contribution >= 4 is 17.5 Å². The van der Waals surface area contributed by atoms with Gasteiger partial charge < -0.3 is 21.5 Å². The normalized spacial score (nSPS) is 10.9. The van der Waals surface area contributed by atoms with Gasteiger partial charge in [0.15, 0.2) is 0 Å². The van der Waals surface area contributed by atoms with Crippen molar-refractivity contribution < 1.29 is 14.3 Å². The van der Waals surface area contributed by atoms with Crippen molar-refractivity contribution in [2.75, 3.05) is 12.3 Å². The van der Waals surface area contributed by atoms with Crippen molar-refractivity contribution in [2.45, 2.75) is 26.3 Å². The standard InChI is InChI=1S/C13H19N3O3/c1-4-19-10-6-8(5-9(14)7-10)11(17)16-13(2,3)12(15)18/h5-7H,4,14H2,1-3H3,(H2,15,18)(H,16,17). The van der Waals surface area contributed by atoms with Crippen LogP contribution in [-0.2, 0) is 4.79 Å². The van der Waals surface area contributed by atoms with E-state index >= 15 is 0 Å². The molecule has 0 fully saturated rings. The summed E-state index contributed by atoms with van der Waals surface area (Å²) < 4.78 is 5.30. The topological polar surface area (TPSA) is 107 Å². The van der Waals surface area contributed by atoms with Crippen LogP contribution in [-0.4, -0.2) is 24.0 Å². The second kappa shape index (κ2) is 5.60. The van der Waals surface area contributed by atoms with E-state index in [1.165, 1.54) is 19.9 Å². The van der Waals surface area contributed by atoms with Crippen molar-refractivity contribution in [1.29, 1.82) is 0 Å². The molecule has 0 saturated carbocycles. The average Bonchev–Trinajstić information content (AvgIpc) is 2.27. The lowest BCUT2D eigenvalue weighted by atomic mass is 10.0. The van der Waals surface area contributed by atoms with Crippen LogP contribution in [0.3, 0.4) is 0 Å². The van der Waals surface area contributed by atoms with Crippen molar-refractivity contribution in [3.05, 3.63) is 23.8 Å². The Morgan fingerprint density at radius 3 is 2.47 bits per heavy atom. The number of rotatable bonds is 5. The maximum Gasteiger partial charge on any atom is 0.252 e. The average molecular weight is 265 g/mol. The highest BCUT2D eigenvalue weighted by Gasteiger charge is 2.27. The minimum absolute atomic E-state index is 0.317. The number of hydrogen-bond acceptors (Lipinski definition) is 4. The van der Waals surface area contributed by atoms with Gasteiger partial charge in [-0.3, -0.25) is 9.59 Å². The maximum absolute atomic E-state index is 12.0. The molecular weight excluding hydrogens is 246 g/mol. The quantitative estimate of drug-likeness (QED) is 0.680. The smallest absolute Gasteiger partial charge is 0.252 e. The van der Waals surface area contributed by atoms with Gasteiger partial charge in [-0.05, 0) is 32.9 Å². The second-order valence-corrected chi connectivity index (χ2v) is 4.67. The van der Waals surface area contributed by atoms with Crippen LogP contribution >= 0.6 is 0 Å². The van der Waals surface area contributed by atoms with Gasteiger partial charge in [0.25, 0.3) is 5.91 Å². The van der Waals surface area contributed by atoms with Gasteiger partial charge in [0, 0.05) is 17.3 Å². The highest BCUT2D eigenvalue weighted by atomic mass is 16.5. The molecule has 0 bridgehead atoms. The molecule has 2 amide bonds. The summed E-state index contributed by atoms with van der Waals surface area (Å²) in [7, 11) is 0. The highest BCUT2D eigenvalue weighted by Crippen LogP contribution is 2.19. The van der Waals surface area contributed by atoms with Crippen molar-refractivity contribution in [2.24, 2.45) is 5.73 Å². The molecule has 6 nitrogen and oxygen atoms in total. The summed E-state index contributed by atoms with van der Waals surface area (Å²) in [6.07, 6.45) is 0. The summed E-state index contributed by atoms with van der Waals surface area (Å²) in [4.78, 5) is 23.2. The lowest BCUT2D eigenvalue weighted by molar-refractivity contribution is -0.122. The molecular formula is C13H19N3O3. The van der Waals surface area contributed by atoms with E-state index < -0.39 is 17.4 Å². The Morgan fingerprint density at radius 2 is 1.95 bits per heavy atom. The van der Waals surface area contributed by atoms with Gasteiger partial charge in [-0.25, -0.2) is 0 Å². The molecule has 104 valence electrons. The third-order valence-corrected chi connectivity index (χ3v) is 2.54. The maximum atomic E-state index is 12.0. The molecule has 0 aliphatic rings. The van der Waals surface area contributed by atoms with Crippen LogP contribution in [0.15, 0.2) is 18.2 Å². The first kappa shape index (κ1) is 14.8. The molecule has 1 aromatic carbocycles. The van der Waals surface area contributed by atoms with Crippen LogP contribution in [0.4, 0.5) is 5.69 Å². The number of nitrogen functional groups attached to an aromatic ring is 1. The molecule has 19 heavy (non-hydrogen) atoms. The van der Waals surface area contributed by atoms with E-state index in [0.717, 1.165) is 0 Å². The predicted octanol–water partition coefficient (Wildman–Crippen LogP) is 0.661. The van der Waals surface area contributed by atoms with Gasteiger partial charge in [-0.15, -0.1) is 0 Å². The number of benzene rings is 1. The van der Waals surface area contributed by atoms with Crippen LogP contribution in [0.1, 0.15) is 31.1 Å².